The lowest BCUT2D eigenvalue weighted by Crippen LogP contribution is -2.38. The van der Waals surface area contributed by atoms with Crippen molar-refractivity contribution in [2.45, 2.75) is 44.5 Å². The van der Waals surface area contributed by atoms with Crippen LogP contribution in [-0.2, 0) is 9.47 Å². The molecule has 0 amide bonds. The highest BCUT2D eigenvalue weighted by Gasteiger charge is 2.56. The Hall–Kier alpha value is -0.0800. The summed E-state index contributed by atoms with van der Waals surface area (Å²) >= 11 is 0. The molecule has 2 aliphatic heterocycles. The van der Waals surface area contributed by atoms with E-state index in [0.29, 0.717) is 6.61 Å². The van der Waals surface area contributed by atoms with Crippen molar-refractivity contribution in [1.82, 2.24) is 0 Å². The highest BCUT2D eigenvalue weighted by Crippen LogP contribution is 2.46. The van der Waals surface area contributed by atoms with Crippen LogP contribution in [0.3, 0.4) is 0 Å². The van der Waals surface area contributed by atoms with Gasteiger partial charge in [-0.15, -0.1) is 0 Å². The van der Waals surface area contributed by atoms with Crippen LogP contribution in [0.2, 0.25) is 0 Å². The Bertz CT molecular complexity index is 211. The van der Waals surface area contributed by atoms with Gasteiger partial charge in [0, 0.05) is 9.14 Å². The molecule has 2 bridgehead atoms. The summed E-state index contributed by atoms with van der Waals surface area (Å²) in [5.41, 5.74) is -1.13. The van der Waals surface area contributed by atoms with Crippen molar-refractivity contribution in [3.63, 3.8) is 0 Å². The minimum atomic E-state index is -0.645. The van der Waals surface area contributed by atoms with Crippen molar-refractivity contribution in [3.05, 3.63) is 0 Å². The van der Waals surface area contributed by atoms with E-state index in [0.717, 1.165) is 0 Å². The van der Waals surface area contributed by atoms with Crippen molar-refractivity contribution in [1.29, 1.82) is 0 Å². The lowest BCUT2D eigenvalue weighted by molar-refractivity contribution is -0.161. The highest BCUT2D eigenvalue weighted by atomic mass is 16.6. The van der Waals surface area contributed by atoms with Gasteiger partial charge in [0.25, 0.3) is 0 Å². The predicted octanol–water partition coefficient (Wildman–Crippen LogP) is 1.34. The molecule has 4 atom stereocenters. The molecule has 2 rings (SSSR count). The molecule has 1 unspecified atom stereocenters. The molecule has 2 heterocycles. The third kappa shape index (κ3) is 0.663. The number of ether oxygens (including phenoxy) is 2. The summed E-state index contributed by atoms with van der Waals surface area (Å²) in [4.78, 5) is 0. The molecule has 2 heteroatoms. The first-order chi connectivity index (χ1) is 5.55. The molecule has 58 valence electrons. The molecule has 10 heavy (non-hydrogen) atoms. The lowest BCUT2D eigenvalue weighted by Gasteiger charge is -2.30. The summed E-state index contributed by atoms with van der Waals surface area (Å²) < 4.78 is 26.4. The SMILES string of the molecule is [3H]C[C@@]12CO[C@@](C)(C1[3H])[C@H](C)O2. The first-order valence-electron chi connectivity index (χ1n) is 4.87. The molecule has 0 saturated carbocycles. The Morgan fingerprint density at radius 2 is 2.60 bits per heavy atom. The zero-order valence-electron chi connectivity index (χ0n) is 8.39. The third-order valence-corrected chi connectivity index (χ3v) is 2.40. The second kappa shape index (κ2) is 1.56. The predicted molar refractivity (Wildman–Crippen MR) is 37.9 cm³/mol. The molecule has 2 saturated heterocycles. The van der Waals surface area contributed by atoms with Crippen LogP contribution >= 0.6 is 0 Å². The monoisotopic (exact) mass is 146 g/mol. The largest absolute Gasteiger partial charge is 0.369 e. The molecule has 0 aromatic heterocycles. The van der Waals surface area contributed by atoms with Gasteiger partial charge in [0.15, 0.2) is 0 Å². The summed E-state index contributed by atoms with van der Waals surface area (Å²) in [5, 5.41) is 0. The van der Waals surface area contributed by atoms with Crippen LogP contribution in [0.4, 0.5) is 0 Å². The van der Waals surface area contributed by atoms with Gasteiger partial charge in [-0.05, 0) is 20.7 Å². The Kier molecular flexibility index (Phi) is 0.739. The van der Waals surface area contributed by atoms with Crippen molar-refractivity contribution in [2.24, 2.45) is 0 Å². The average molecular weight is 146 g/mol. The van der Waals surface area contributed by atoms with Gasteiger partial charge in [-0.1, -0.05) is 0 Å². The van der Waals surface area contributed by atoms with Crippen molar-refractivity contribution >= 4 is 0 Å². The third-order valence-electron chi connectivity index (χ3n) is 2.40. The van der Waals surface area contributed by atoms with Gasteiger partial charge < -0.3 is 9.47 Å². The summed E-state index contributed by atoms with van der Waals surface area (Å²) in [7, 11) is 0. The molecular weight excluding hydrogens is 128 g/mol. The van der Waals surface area contributed by atoms with Crippen molar-refractivity contribution < 1.29 is 12.2 Å². The first-order valence-corrected chi connectivity index (χ1v) is 3.58. The van der Waals surface area contributed by atoms with Gasteiger partial charge in [-0.3, -0.25) is 0 Å². The van der Waals surface area contributed by atoms with Crippen LogP contribution in [0, 0.1) is 0 Å². The number of hydrogen-bond acceptors (Lipinski definition) is 2. The maximum Gasteiger partial charge on any atom is 0.0942 e. The first kappa shape index (κ1) is 4.73. The van der Waals surface area contributed by atoms with E-state index in [1.807, 2.05) is 13.8 Å². The number of hydrogen-bond donors (Lipinski definition) is 0. The molecule has 0 spiro atoms. The van der Waals surface area contributed by atoms with E-state index in [1.165, 1.54) is 0 Å². The van der Waals surface area contributed by atoms with E-state index < -0.39 is 17.6 Å². The molecular formula is C8H14O2. The minimum absolute atomic E-state index is 0.0564. The fourth-order valence-electron chi connectivity index (χ4n) is 1.66. The van der Waals surface area contributed by atoms with E-state index >= 15 is 0 Å². The van der Waals surface area contributed by atoms with Crippen LogP contribution < -0.4 is 0 Å². The summed E-state index contributed by atoms with van der Waals surface area (Å²) in [6.07, 6.45) is -0.461. The Labute approximate surface area is 64.3 Å². The van der Waals surface area contributed by atoms with Crippen LogP contribution in [0.5, 0.6) is 0 Å². The van der Waals surface area contributed by atoms with E-state index in [-0.39, 0.29) is 13.0 Å². The average Bonchev–Trinajstić information content (AvgIpc) is 2.40. The molecule has 0 radical (unpaired) electrons. The van der Waals surface area contributed by atoms with Crippen molar-refractivity contribution in [2.75, 3.05) is 6.61 Å². The van der Waals surface area contributed by atoms with Crippen molar-refractivity contribution in [3.8, 4) is 0 Å². The molecule has 0 N–H and O–H groups in total. The van der Waals surface area contributed by atoms with E-state index in [2.05, 4.69) is 0 Å². The standard InChI is InChI=1S/C8H14O2/c1-6-8(3)4-7(2,10-6)5-9-8/h6H,4-5H2,1-3H3/t6-,7-,8-/m0/s1/i2T,4T/t4?,6-,7-,8-. The fourth-order valence-corrected chi connectivity index (χ4v) is 1.66. The zero-order valence-corrected chi connectivity index (χ0v) is 6.39. The second-order valence-corrected chi connectivity index (χ2v) is 3.44. The molecule has 2 fully saturated rings. The van der Waals surface area contributed by atoms with Crippen LogP contribution in [0.25, 0.3) is 0 Å². The molecule has 2 aliphatic rings. The maximum atomic E-state index is 7.91. The Balaban J connectivity index is 2.34. The smallest absolute Gasteiger partial charge is 0.0942 e. The van der Waals surface area contributed by atoms with Crippen LogP contribution in [-0.4, -0.2) is 23.9 Å². The van der Waals surface area contributed by atoms with Gasteiger partial charge in [0.05, 0.1) is 23.9 Å². The Morgan fingerprint density at radius 1 is 1.80 bits per heavy atom. The molecule has 2 nitrogen and oxygen atoms in total. The fraction of sp³-hybridized carbons (Fsp3) is 1.00. The van der Waals surface area contributed by atoms with Gasteiger partial charge in [-0.2, -0.15) is 0 Å². The molecule has 0 aliphatic carbocycles. The van der Waals surface area contributed by atoms with E-state index in [9.17, 15) is 0 Å². The topological polar surface area (TPSA) is 18.5 Å². The summed E-state index contributed by atoms with van der Waals surface area (Å²) in [6, 6.07) is 0. The van der Waals surface area contributed by atoms with Gasteiger partial charge in [-0.25, -0.2) is 0 Å². The minimum Gasteiger partial charge on any atom is -0.369 e. The number of fused-ring (bicyclic) bond motifs is 2. The van der Waals surface area contributed by atoms with Gasteiger partial charge in [0.1, 0.15) is 0 Å². The van der Waals surface area contributed by atoms with Gasteiger partial charge >= 0.3 is 0 Å². The molecule has 0 aromatic rings. The lowest BCUT2D eigenvalue weighted by atomic mass is 9.95. The van der Waals surface area contributed by atoms with Crippen LogP contribution in [0.15, 0.2) is 0 Å². The normalized spacial score (nSPS) is 69.8. The zero-order chi connectivity index (χ0) is 8.98. The Morgan fingerprint density at radius 3 is 2.90 bits per heavy atom. The number of rotatable bonds is 0. The summed E-state index contributed by atoms with van der Waals surface area (Å²) in [5.74, 6) is 0. The second-order valence-electron chi connectivity index (χ2n) is 3.44. The highest BCUT2D eigenvalue weighted by molar-refractivity contribution is 5.04. The summed E-state index contributed by atoms with van der Waals surface area (Å²) in [6.45, 7) is 4.35. The van der Waals surface area contributed by atoms with E-state index in [4.69, 9.17) is 12.2 Å². The quantitative estimate of drug-likeness (QED) is 0.513. The van der Waals surface area contributed by atoms with Gasteiger partial charge in [0.2, 0.25) is 0 Å². The molecule has 0 aromatic carbocycles. The van der Waals surface area contributed by atoms with E-state index in [1.54, 1.807) is 0 Å². The maximum absolute atomic E-state index is 7.91. The van der Waals surface area contributed by atoms with Crippen LogP contribution in [0.1, 0.15) is 29.9 Å².